The molecule has 0 atom stereocenters. The lowest BCUT2D eigenvalue weighted by atomic mass is 10.2. The summed E-state index contributed by atoms with van der Waals surface area (Å²) in [7, 11) is 1.55. The quantitative estimate of drug-likeness (QED) is 0.645. The maximum absolute atomic E-state index is 12.2. The number of amides is 2. The Hall–Kier alpha value is -3.45. The Bertz CT molecular complexity index is 915. The predicted molar refractivity (Wildman–Crippen MR) is 107 cm³/mol. The number of anilines is 2. The average Bonchev–Trinajstić information content (AvgIpc) is 2.71. The number of urea groups is 1. The van der Waals surface area contributed by atoms with E-state index < -0.39 is 6.03 Å². The summed E-state index contributed by atoms with van der Waals surface area (Å²) < 4.78 is 11.1. The number of benzene rings is 2. The van der Waals surface area contributed by atoms with Gasteiger partial charge >= 0.3 is 6.03 Å². The fraction of sp³-hybridized carbons (Fsp3) is 0.190. The summed E-state index contributed by atoms with van der Waals surface area (Å²) in [5, 5.41) is 5.38. The van der Waals surface area contributed by atoms with E-state index in [0.29, 0.717) is 30.5 Å². The molecule has 2 aromatic carbocycles. The van der Waals surface area contributed by atoms with Crippen molar-refractivity contribution in [3.05, 3.63) is 77.7 Å². The second kappa shape index (κ2) is 9.48. The standard InChI is InChI=1S/C21H22N4O3/c1-15-11-23-20(12-22-15)25-21(26)24-18-9-8-17(10-19(18)27-2)14-28-13-16-6-4-3-5-7-16/h3-12H,13-14H2,1-2H3,(H2,23,24,25,26). The first kappa shape index (κ1) is 19.3. The number of hydrogen-bond donors (Lipinski definition) is 2. The van der Waals surface area contributed by atoms with Gasteiger partial charge in [-0.25, -0.2) is 9.78 Å². The molecule has 0 aliphatic rings. The van der Waals surface area contributed by atoms with Gasteiger partial charge in [0.25, 0.3) is 0 Å². The van der Waals surface area contributed by atoms with Crippen LogP contribution in [0, 0.1) is 6.92 Å². The van der Waals surface area contributed by atoms with Gasteiger partial charge in [-0.3, -0.25) is 10.3 Å². The van der Waals surface area contributed by atoms with Gasteiger partial charge in [0.05, 0.1) is 44.1 Å². The molecule has 0 spiro atoms. The summed E-state index contributed by atoms with van der Waals surface area (Å²) in [6.45, 7) is 2.80. The maximum atomic E-state index is 12.2. The molecule has 0 bridgehead atoms. The topological polar surface area (TPSA) is 85.4 Å². The number of aromatic nitrogens is 2. The van der Waals surface area contributed by atoms with Crippen LogP contribution < -0.4 is 15.4 Å². The Morgan fingerprint density at radius 1 is 0.964 bits per heavy atom. The molecule has 2 amide bonds. The van der Waals surface area contributed by atoms with Crippen molar-refractivity contribution in [2.24, 2.45) is 0 Å². The second-order valence-corrected chi connectivity index (χ2v) is 6.14. The molecular formula is C21H22N4O3. The largest absolute Gasteiger partial charge is 0.495 e. The lowest BCUT2D eigenvalue weighted by Crippen LogP contribution is -2.20. The number of methoxy groups -OCH3 is 1. The third-order valence-corrected chi connectivity index (χ3v) is 3.92. The lowest BCUT2D eigenvalue weighted by Gasteiger charge is -2.13. The molecule has 3 aromatic rings. The summed E-state index contributed by atoms with van der Waals surface area (Å²) in [6, 6.07) is 15.0. The molecule has 28 heavy (non-hydrogen) atoms. The Morgan fingerprint density at radius 2 is 1.75 bits per heavy atom. The normalized spacial score (nSPS) is 10.4. The van der Waals surface area contributed by atoms with Crippen LogP contribution in [0.3, 0.4) is 0 Å². The number of carbonyl (C=O) groups is 1. The first-order valence-electron chi connectivity index (χ1n) is 8.79. The van der Waals surface area contributed by atoms with Crippen molar-refractivity contribution >= 4 is 17.5 Å². The fourth-order valence-electron chi connectivity index (χ4n) is 2.52. The van der Waals surface area contributed by atoms with Gasteiger partial charge in [-0.2, -0.15) is 0 Å². The summed E-state index contributed by atoms with van der Waals surface area (Å²) in [5.74, 6) is 0.916. The number of carbonyl (C=O) groups excluding carboxylic acids is 1. The molecular weight excluding hydrogens is 356 g/mol. The minimum atomic E-state index is -0.426. The number of ether oxygens (including phenoxy) is 2. The third-order valence-electron chi connectivity index (χ3n) is 3.92. The highest BCUT2D eigenvalue weighted by Gasteiger charge is 2.10. The van der Waals surface area contributed by atoms with Crippen LogP contribution in [0.2, 0.25) is 0 Å². The molecule has 1 aromatic heterocycles. The van der Waals surface area contributed by atoms with E-state index in [0.717, 1.165) is 16.8 Å². The molecule has 0 fully saturated rings. The van der Waals surface area contributed by atoms with Gasteiger partial charge in [-0.15, -0.1) is 0 Å². The Labute approximate surface area is 163 Å². The van der Waals surface area contributed by atoms with Crippen LogP contribution in [-0.2, 0) is 18.0 Å². The highest BCUT2D eigenvalue weighted by molar-refractivity contribution is 6.00. The molecule has 0 saturated heterocycles. The summed E-state index contributed by atoms with van der Waals surface area (Å²) in [6.07, 6.45) is 3.08. The van der Waals surface area contributed by atoms with Gasteiger partial charge in [0.15, 0.2) is 5.82 Å². The molecule has 144 valence electrons. The SMILES string of the molecule is COc1cc(COCc2ccccc2)ccc1NC(=O)Nc1cnc(C)cn1. The number of aryl methyl sites for hydroxylation is 1. The van der Waals surface area contributed by atoms with E-state index in [4.69, 9.17) is 9.47 Å². The first-order chi connectivity index (χ1) is 13.6. The van der Waals surface area contributed by atoms with Crippen LogP contribution in [0.4, 0.5) is 16.3 Å². The van der Waals surface area contributed by atoms with Gasteiger partial charge in [-0.05, 0) is 30.2 Å². The highest BCUT2D eigenvalue weighted by Crippen LogP contribution is 2.26. The Kier molecular flexibility index (Phi) is 6.54. The van der Waals surface area contributed by atoms with Crippen LogP contribution in [0.25, 0.3) is 0 Å². The van der Waals surface area contributed by atoms with Crippen LogP contribution in [0.5, 0.6) is 5.75 Å². The van der Waals surface area contributed by atoms with Crippen molar-refractivity contribution in [2.75, 3.05) is 17.7 Å². The zero-order valence-electron chi connectivity index (χ0n) is 15.8. The van der Waals surface area contributed by atoms with E-state index in [2.05, 4.69) is 20.6 Å². The summed E-state index contributed by atoms with van der Waals surface area (Å²) >= 11 is 0. The Balaban J connectivity index is 1.57. The Morgan fingerprint density at radius 3 is 2.46 bits per heavy atom. The van der Waals surface area contributed by atoms with Crippen LogP contribution in [0.1, 0.15) is 16.8 Å². The zero-order valence-corrected chi connectivity index (χ0v) is 15.8. The molecule has 3 rings (SSSR count). The van der Waals surface area contributed by atoms with E-state index in [-0.39, 0.29) is 0 Å². The second-order valence-electron chi connectivity index (χ2n) is 6.14. The van der Waals surface area contributed by atoms with Crippen LogP contribution in [0.15, 0.2) is 60.9 Å². The zero-order chi connectivity index (χ0) is 19.8. The number of nitrogens with one attached hydrogen (secondary N) is 2. The van der Waals surface area contributed by atoms with Crippen LogP contribution >= 0.6 is 0 Å². The fourth-order valence-corrected chi connectivity index (χ4v) is 2.52. The predicted octanol–water partition coefficient (Wildman–Crippen LogP) is 4.15. The third kappa shape index (κ3) is 5.52. The van der Waals surface area contributed by atoms with Crippen molar-refractivity contribution in [3.8, 4) is 5.75 Å². The van der Waals surface area contributed by atoms with E-state index in [9.17, 15) is 4.79 Å². The van der Waals surface area contributed by atoms with Crippen molar-refractivity contribution in [2.45, 2.75) is 20.1 Å². The van der Waals surface area contributed by atoms with E-state index >= 15 is 0 Å². The highest BCUT2D eigenvalue weighted by atomic mass is 16.5. The van der Waals surface area contributed by atoms with Gasteiger partial charge in [0.1, 0.15) is 5.75 Å². The molecule has 0 aliphatic heterocycles. The summed E-state index contributed by atoms with van der Waals surface area (Å²) in [5.41, 5.74) is 3.39. The molecule has 7 heteroatoms. The van der Waals surface area contributed by atoms with Gasteiger partial charge < -0.3 is 14.8 Å². The van der Waals surface area contributed by atoms with Gasteiger partial charge in [-0.1, -0.05) is 36.4 Å². The van der Waals surface area contributed by atoms with E-state index in [1.54, 1.807) is 19.4 Å². The molecule has 0 saturated carbocycles. The smallest absolute Gasteiger partial charge is 0.324 e. The molecule has 2 N–H and O–H groups in total. The van der Waals surface area contributed by atoms with Crippen molar-refractivity contribution in [1.82, 2.24) is 9.97 Å². The minimum Gasteiger partial charge on any atom is -0.495 e. The first-order valence-corrected chi connectivity index (χ1v) is 8.79. The number of rotatable bonds is 7. The molecule has 7 nitrogen and oxygen atoms in total. The van der Waals surface area contributed by atoms with Crippen molar-refractivity contribution in [3.63, 3.8) is 0 Å². The van der Waals surface area contributed by atoms with Gasteiger partial charge in [0, 0.05) is 0 Å². The monoisotopic (exact) mass is 378 g/mol. The minimum absolute atomic E-state index is 0.369. The number of nitrogens with zero attached hydrogens (tertiary/aromatic N) is 2. The molecule has 0 radical (unpaired) electrons. The average molecular weight is 378 g/mol. The molecule has 0 unspecified atom stereocenters. The maximum Gasteiger partial charge on any atom is 0.324 e. The van der Waals surface area contributed by atoms with Gasteiger partial charge in [0.2, 0.25) is 0 Å². The molecule has 1 heterocycles. The van der Waals surface area contributed by atoms with Crippen molar-refractivity contribution in [1.29, 1.82) is 0 Å². The van der Waals surface area contributed by atoms with Crippen molar-refractivity contribution < 1.29 is 14.3 Å². The van der Waals surface area contributed by atoms with Crippen LogP contribution in [-0.4, -0.2) is 23.1 Å². The lowest BCUT2D eigenvalue weighted by molar-refractivity contribution is 0.107. The summed E-state index contributed by atoms with van der Waals surface area (Å²) in [4.78, 5) is 20.4. The number of hydrogen-bond acceptors (Lipinski definition) is 5. The van der Waals surface area contributed by atoms with E-state index in [1.807, 2.05) is 49.4 Å². The molecule has 0 aliphatic carbocycles. The van der Waals surface area contributed by atoms with E-state index in [1.165, 1.54) is 6.20 Å².